The second-order valence-corrected chi connectivity index (χ2v) is 11.1. The molecule has 7 N–H and O–H groups in total. The lowest BCUT2D eigenvalue weighted by molar-refractivity contribution is -0.153. The molecule has 2 aliphatic rings. The molecule has 2 heterocycles. The van der Waals surface area contributed by atoms with E-state index < -0.39 is 78.9 Å². The standard InChI is InChI=1S/C24H25BFN4O12P/c1-2-29-6-7-30(22(34)21(29)33)24(37)28-18(13-9-14(26)16(10-15(13)31)43(39,40)41)20(32)27-17-8-11-4-3-5-12(23(35)36)19(11)42-25(17)38/h3-5,9-10,17-18,31,38H,2,6-8H2,1H3,(H,27,32)(H,28,37)(H,35,36)(H2,39,40,41)/t17-,18+/m0/s1. The average Bonchev–Trinajstić information content (AvgIpc) is 2.93. The van der Waals surface area contributed by atoms with Crippen molar-refractivity contribution in [1.82, 2.24) is 20.4 Å². The fourth-order valence-electron chi connectivity index (χ4n) is 4.66. The minimum atomic E-state index is -5.22. The molecule has 2 aromatic rings. The van der Waals surface area contributed by atoms with Gasteiger partial charge in [0.2, 0.25) is 5.91 Å². The lowest BCUT2D eigenvalue weighted by Gasteiger charge is -2.33. The fourth-order valence-corrected chi connectivity index (χ4v) is 5.29. The van der Waals surface area contributed by atoms with Crippen molar-refractivity contribution in [3.8, 4) is 11.5 Å². The molecule has 4 rings (SSSR count). The van der Waals surface area contributed by atoms with Crippen LogP contribution in [-0.4, -0.2) is 97.2 Å². The summed E-state index contributed by atoms with van der Waals surface area (Å²) in [5, 5.41) is 33.7. The molecule has 5 amide bonds. The van der Waals surface area contributed by atoms with E-state index in [1.165, 1.54) is 23.1 Å². The van der Waals surface area contributed by atoms with Gasteiger partial charge in [0.25, 0.3) is 0 Å². The normalized spacial score (nSPS) is 17.6. The number of likely N-dealkylation sites (N-methyl/N-ethyl adjacent to an activating group) is 1. The van der Waals surface area contributed by atoms with Gasteiger partial charge in [-0.1, -0.05) is 12.1 Å². The van der Waals surface area contributed by atoms with Crippen LogP contribution < -0.4 is 20.6 Å². The highest BCUT2D eigenvalue weighted by Crippen LogP contribution is 2.38. The number of piperazine rings is 1. The van der Waals surface area contributed by atoms with Gasteiger partial charge < -0.3 is 45.2 Å². The van der Waals surface area contributed by atoms with Crippen molar-refractivity contribution < 1.29 is 62.6 Å². The quantitative estimate of drug-likeness (QED) is 0.107. The van der Waals surface area contributed by atoms with Crippen molar-refractivity contribution in [1.29, 1.82) is 0 Å². The number of hydrogen-bond acceptors (Lipinski definition) is 9. The van der Waals surface area contributed by atoms with Crippen LogP contribution in [0.3, 0.4) is 0 Å². The number of rotatable bonds is 7. The number of benzene rings is 2. The number of imide groups is 1. The first-order valence-electron chi connectivity index (χ1n) is 12.6. The van der Waals surface area contributed by atoms with Crippen molar-refractivity contribution in [2.75, 3.05) is 19.6 Å². The van der Waals surface area contributed by atoms with Crippen LogP contribution in [0.4, 0.5) is 9.18 Å². The minimum Gasteiger partial charge on any atom is -0.534 e. The predicted molar refractivity (Wildman–Crippen MR) is 143 cm³/mol. The highest BCUT2D eigenvalue weighted by atomic mass is 31.2. The highest BCUT2D eigenvalue weighted by Gasteiger charge is 2.41. The Kier molecular flexibility index (Phi) is 8.78. The van der Waals surface area contributed by atoms with Crippen LogP contribution in [0.1, 0.15) is 34.5 Å². The molecular weight excluding hydrogens is 597 g/mol. The number of fused-ring (bicyclic) bond motifs is 1. The molecule has 2 aliphatic heterocycles. The maximum absolute atomic E-state index is 14.8. The summed E-state index contributed by atoms with van der Waals surface area (Å²) < 4.78 is 31.7. The molecule has 43 heavy (non-hydrogen) atoms. The Labute approximate surface area is 242 Å². The van der Waals surface area contributed by atoms with Gasteiger partial charge in [0.1, 0.15) is 28.7 Å². The van der Waals surface area contributed by atoms with Crippen LogP contribution in [0.5, 0.6) is 11.5 Å². The minimum absolute atomic E-state index is 0.0223. The average molecular weight is 622 g/mol. The fraction of sp³-hybridized carbons (Fsp3) is 0.292. The molecule has 0 aliphatic carbocycles. The number of carboxylic acids is 1. The number of hydrogen-bond donors (Lipinski definition) is 7. The molecule has 1 saturated heterocycles. The van der Waals surface area contributed by atoms with Crippen molar-refractivity contribution in [2.24, 2.45) is 0 Å². The van der Waals surface area contributed by atoms with E-state index in [-0.39, 0.29) is 42.9 Å². The monoisotopic (exact) mass is 622 g/mol. The summed E-state index contributed by atoms with van der Waals surface area (Å²) in [5.74, 6) is -8.73. The van der Waals surface area contributed by atoms with Crippen LogP contribution in [0.15, 0.2) is 30.3 Å². The van der Waals surface area contributed by atoms with Gasteiger partial charge in [-0.3, -0.25) is 23.8 Å². The molecule has 228 valence electrons. The summed E-state index contributed by atoms with van der Waals surface area (Å²) >= 11 is 0. The third kappa shape index (κ3) is 6.31. The first-order chi connectivity index (χ1) is 20.1. The lowest BCUT2D eigenvalue weighted by atomic mass is 9.72. The zero-order valence-electron chi connectivity index (χ0n) is 22.3. The lowest BCUT2D eigenvalue weighted by Crippen LogP contribution is -2.60. The molecular formula is C24H25BFN4O12P. The van der Waals surface area contributed by atoms with Gasteiger partial charge in [-0.15, -0.1) is 0 Å². The third-order valence-corrected chi connectivity index (χ3v) is 7.83. The molecule has 19 heteroatoms. The Hall–Kier alpha value is -4.51. The number of phenols is 1. The van der Waals surface area contributed by atoms with E-state index in [1.807, 2.05) is 0 Å². The first-order valence-corrected chi connectivity index (χ1v) is 14.2. The summed E-state index contributed by atoms with van der Waals surface area (Å²) in [5.41, 5.74) is -0.653. The maximum atomic E-state index is 14.8. The Morgan fingerprint density at radius 2 is 1.88 bits per heavy atom. The van der Waals surface area contributed by atoms with Crippen molar-refractivity contribution in [2.45, 2.75) is 25.3 Å². The smallest absolute Gasteiger partial charge is 0.534 e. The van der Waals surface area contributed by atoms with Crippen molar-refractivity contribution in [3.63, 3.8) is 0 Å². The number of nitrogens with one attached hydrogen (secondary N) is 2. The molecule has 0 unspecified atom stereocenters. The SMILES string of the molecule is CCN1CCN(C(=O)N[C@@H](C(=O)N[C@H]2Cc3cccc(C(=O)O)c3OB2O)c2cc(F)c(P(=O)(O)O)cc2O)C(=O)C1=O. The van der Waals surface area contributed by atoms with E-state index in [1.54, 1.807) is 6.92 Å². The van der Waals surface area contributed by atoms with Gasteiger partial charge in [0, 0.05) is 25.2 Å². The predicted octanol–water partition coefficient (Wildman–Crippen LogP) is -1.39. The second-order valence-electron chi connectivity index (χ2n) is 9.56. The molecule has 2 atom stereocenters. The number of aromatic carboxylic acids is 1. The van der Waals surface area contributed by atoms with Gasteiger partial charge in [-0.2, -0.15) is 0 Å². The van der Waals surface area contributed by atoms with Gasteiger partial charge in [-0.25, -0.2) is 14.0 Å². The number of para-hydroxylation sites is 1. The third-order valence-electron chi connectivity index (χ3n) is 6.86. The van der Waals surface area contributed by atoms with E-state index in [0.717, 1.165) is 0 Å². The largest absolute Gasteiger partial charge is 0.547 e. The topological polar surface area (TPSA) is 243 Å². The zero-order chi connectivity index (χ0) is 31.8. The van der Waals surface area contributed by atoms with Crippen LogP contribution >= 0.6 is 7.60 Å². The number of nitrogens with zero attached hydrogens (tertiary/aromatic N) is 2. The van der Waals surface area contributed by atoms with E-state index in [0.29, 0.717) is 17.0 Å². The van der Waals surface area contributed by atoms with Crippen LogP contribution in [0.25, 0.3) is 0 Å². The number of amides is 5. The summed E-state index contributed by atoms with van der Waals surface area (Å²) in [7, 11) is -7.03. The van der Waals surface area contributed by atoms with Crippen LogP contribution in [-0.2, 0) is 25.4 Å². The van der Waals surface area contributed by atoms with Crippen molar-refractivity contribution in [3.05, 3.63) is 52.8 Å². The van der Waals surface area contributed by atoms with E-state index in [4.69, 9.17) is 4.65 Å². The number of urea groups is 1. The number of carbonyl (C=O) groups excluding carboxylic acids is 4. The molecule has 16 nitrogen and oxygen atoms in total. The molecule has 0 radical (unpaired) electrons. The molecule has 0 spiro atoms. The van der Waals surface area contributed by atoms with Crippen molar-refractivity contribution >= 4 is 49.7 Å². The number of halogens is 1. The summed E-state index contributed by atoms with van der Waals surface area (Å²) in [6.45, 7) is 1.51. The number of phenolic OH excluding ortho intramolecular Hbond substituents is 1. The highest BCUT2D eigenvalue weighted by molar-refractivity contribution is 7.60. The Bertz CT molecular complexity index is 1570. The molecule has 1 fully saturated rings. The number of aromatic hydroxyl groups is 1. The van der Waals surface area contributed by atoms with Gasteiger partial charge in [-0.05, 0) is 37.1 Å². The first kappa shape index (κ1) is 31.4. The van der Waals surface area contributed by atoms with E-state index in [9.17, 15) is 58.0 Å². The van der Waals surface area contributed by atoms with E-state index in [2.05, 4.69) is 10.6 Å². The molecule has 0 aromatic heterocycles. The summed E-state index contributed by atoms with van der Waals surface area (Å²) in [6.07, 6.45) is -0.173. The Morgan fingerprint density at radius 1 is 1.19 bits per heavy atom. The summed E-state index contributed by atoms with van der Waals surface area (Å²) in [4.78, 5) is 83.4. The Balaban J connectivity index is 1.66. The maximum Gasteiger partial charge on any atom is 0.547 e. The number of carboxylic acid groups (broad SMARTS) is 1. The van der Waals surface area contributed by atoms with Crippen LogP contribution in [0, 0.1) is 5.82 Å². The Morgan fingerprint density at radius 3 is 2.51 bits per heavy atom. The van der Waals surface area contributed by atoms with Crippen LogP contribution in [0.2, 0.25) is 0 Å². The van der Waals surface area contributed by atoms with E-state index >= 15 is 0 Å². The number of carbonyl (C=O) groups is 5. The molecule has 2 aromatic carbocycles. The van der Waals surface area contributed by atoms with Gasteiger partial charge >= 0.3 is 38.5 Å². The molecule has 0 saturated carbocycles. The van der Waals surface area contributed by atoms with Gasteiger partial charge in [0.15, 0.2) is 0 Å². The summed E-state index contributed by atoms with van der Waals surface area (Å²) in [6, 6.07) is 1.57. The van der Waals surface area contributed by atoms with Gasteiger partial charge in [0.05, 0.1) is 11.5 Å². The molecule has 0 bridgehead atoms. The zero-order valence-corrected chi connectivity index (χ0v) is 23.2. The second kappa shape index (κ2) is 12.0.